The third kappa shape index (κ3) is 3.01. The van der Waals surface area contributed by atoms with Gasteiger partial charge in [-0.3, -0.25) is 9.69 Å². The lowest BCUT2D eigenvalue weighted by atomic mass is 9.61. The van der Waals surface area contributed by atoms with E-state index in [0.717, 1.165) is 55.6 Å². The van der Waals surface area contributed by atoms with E-state index in [4.69, 9.17) is 9.47 Å². The topological polar surface area (TPSA) is 67.9 Å². The van der Waals surface area contributed by atoms with Gasteiger partial charge in [-0.05, 0) is 88.0 Å². The van der Waals surface area contributed by atoms with Crippen LogP contribution in [-0.4, -0.2) is 42.7 Å². The number of urea groups is 1. The van der Waals surface area contributed by atoms with Crippen molar-refractivity contribution in [1.29, 1.82) is 0 Å². The predicted octanol–water partition coefficient (Wildman–Crippen LogP) is 4.15. The van der Waals surface area contributed by atoms with Crippen molar-refractivity contribution in [2.75, 3.05) is 13.7 Å². The molecule has 5 rings (SSSR count). The maximum Gasteiger partial charge on any atom is 0.325 e. The number of imide groups is 1. The minimum absolute atomic E-state index is 0.0988. The molecule has 4 aliphatic rings. The highest BCUT2D eigenvalue weighted by molar-refractivity contribution is 6.09. The summed E-state index contributed by atoms with van der Waals surface area (Å²) < 4.78 is 11.7. The van der Waals surface area contributed by atoms with Crippen molar-refractivity contribution in [2.24, 2.45) is 11.3 Å². The van der Waals surface area contributed by atoms with Crippen LogP contribution in [0.15, 0.2) is 18.2 Å². The summed E-state index contributed by atoms with van der Waals surface area (Å²) in [6, 6.07) is 5.73. The van der Waals surface area contributed by atoms with Gasteiger partial charge in [0.2, 0.25) is 0 Å². The molecule has 1 aromatic carbocycles. The first-order chi connectivity index (χ1) is 14.9. The van der Waals surface area contributed by atoms with E-state index in [2.05, 4.69) is 11.4 Å². The number of methoxy groups -OCH3 is 1. The summed E-state index contributed by atoms with van der Waals surface area (Å²) in [5.74, 6) is 1.35. The Morgan fingerprint density at radius 1 is 1.16 bits per heavy atom. The summed E-state index contributed by atoms with van der Waals surface area (Å²) in [6.07, 6.45) is 8.31. The molecule has 1 unspecified atom stereocenters. The SMILES string of the molecule is COC1CCC2(CC1)Cc1ccc(OCC3CCC3)cc1C21NC(=O)N(C(C)C)C1=O. The van der Waals surface area contributed by atoms with Gasteiger partial charge in [0.15, 0.2) is 5.54 Å². The van der Waals surface area contributed by atoms with Crippen LogP contribution in [0.5, 0.6) is 5.75 Å². The molecule has 168 valence electrons. The zero-order chi connectivity index (χ0) is 21.8. The highest BCUT2D eigenvalue weighted by atomic mass is 16.5. The van der Waals surface area contributed by atoms with Crippen LogP contribution in [0.25, 0.3) is 0 Å². The molecule has 3 amide bonds. The lowest BCUT2D eigenvalue weighted by Gasteiger charge is -2.46. The van der Waals surface area contributed by atoms with E-state index in [-0.39, 0.29) is 29.5 Å². The van der Waals surface area contributed by atoms with Gasteiger partial charge >= 0.3 is 6.03 Å². The number of fused-ring (bicyclic) bond motifs is 3. The largest absolute Gasteiger partial charge is 0.493 e. The Balaban J connectivity index is 1.55. The molecular formula is C25H34N2O4. The van der Waals surface area contributed by atoms with Gasteiger partial charge in [0.1, 0.15) is 5.75 Å². The zero-order valence-electron chi connectivity index (χ0n) is 18.9. The molecule has 3 aliphatic carbocycles. The van der Waals surface area contributed by atoms with Crippen LogP contribution in [0.4, 0.5) is 4.79 Å². The van der Waals surface area contributed by atoms with Crippen LogP contribution in [0.1, 0.15) is 69.9 Å². The molecule has 1 heterocycles. The number of benzene rings is 1. The highest BCUT2D eigenvalue weighted by Gasteiger charge is 2.68. The second-order valence-electron chi connectivity index (χ2n) is 10.3. The molecule has 2 saturated carbocycles. The van der Waals surface area contributed by atoms with Crippen molar-refractivity contribution in [2.45, 2.75) is 82.9 Å². The van der Waals surface area contributed by atoms with Gasteiger partial charge in [0.25, 0.3) is 5.91 Å². The molecule has 2 spiro atoms. The summed E-state index contributed by atoms with van der Waals surface area (Å²) in [5, 5.41) is 3.22. The third-order valence-corrected chi connectivity index (χ3v) is 8.31. The Labute approximate surface area is 184 Å². The van der Waals surface area contributed by atoms with E-state index in [0.29, 0.717) is 5.92 Å². The number of carbonyl (C=O) groups is 2. The summed E-state index contributed by atoms with van der Waals surface area (Å²) in [4.78, 5) is 28.4. The molecule has 1 saturated heterocycles. The summed E-state index contributed by atoms with van der Waals surface area (Å²) in [7, 11) is 1.76. The molecule has 0 bridgehead atoms. The van der Waals surface area contributed by atoms with Crippen LogP contribution in [0.3, 0.4) is 0 Å². The van der Waals surface area contributed by atoms with E-state index in [1.165, 1.54) is 24.2 Å². The number of ether oxygens (including phenoxy) is 2. The number of carbonyl (C=O) groups excluding carboxylic acids is 2. The average Bonchev–Trinajstić information content (AvgIpc) is 3.13. The second-order valence-corrected chi connectivity index (χ2v) is 10.3. The number of hydrogen-bond acceptors (Lipinski definition) is 4. The number of rotatable bonds is 5. The van der Waals surface area contributed by atoms with E-state index in [9.17, 15) is 9.59 Å². The van der Waals surface area contributed by atoms with Crippen LogP contribution in [0.2, 0.25) is 0 Å². The van der Waals surface area contributed by atoms with Crippen LogP contribution >= 0.6 is 0 Å². The Bertz CT molecular complexity index is 886. The van der Waals surface area contributed by atoms with Gasteiger partial charge in [0.05, 0.1) is 12.7 Å². The van der Waals surface area contributed by atoms with Gasteiger partial charge in [0, 0.05) is 18.6 Å². The Hall–Kier alpha value is -2.08. The maximum atomic E-state index is 14.0. The number of hydrogen-bond donors (Lipinski definition) is 1. The summed E-state index contributed by atoms with van der Waals surface area (Å²) >= 11 is 0. The zero-order valence-corrected chi connectivity index (χ0v) is 18.9. The average molecular weight is 427 g/mol. The Morgan fingerprint density at radius 2 is 1.90 bits per heavy atom. The van der Waals surface area contributed by atoms with Crippen LogP contribution in [-0.2, 0) is 21.5 Å². The number of amides is 3. The first-order valence-electron chi connectivity index (χ1n) is 11.8. The second kappa shape index (κ2) is 7.51. The molecule has 3 fully saturated rings. The normalized spacial score (nSPS) is 32.6. The fourth-order valence-electron chi connectivity index (χ4n) is 6.29. The quantitative estimate of drug-likeness (QED) is 0.718. The fraction of sp³-hybridized carbons (Fsp3) is 0.680. The lowest BCUT2D eigenvalue weighted by molar-refractivity contribution is -0.139. The standard InChI is InChI=1S/C25H34N2O4/c1-16(2)27-22(28)25(26-23(27)29)21-13-20(31-15-17-5-4-6-17)8-7-18(21)14-24(25)11-9-19(30-3)10-12-24/h7-8,13,16-17,19H,4-6,9-12,14-15H2,1-3H3,(H,26,29). The third-order valence-electron chi connectivity index (χ3n) is 8.31. The van der Waals surface area contributed by atoms with Crippen molar-refractivity contribution < 1.29 is 19.1 Å². The van der Waals surface area contributed by atoms with Crippen molar-refractivity contribution >= 4 is 11.9 Å². The summed E-state index contributed by atoms with van der Waals surface area (Å²) in [5.41, 5.74) is 0.785. The van der Waals surface area contributed by atoms with Crippen LogP contribution in [0, 0.1) is 11.3 Å². The Morgan fingerprint density at radius 3 is 2.48 bits per heavy atom. The van der Waals surface area contributed by atoms with E-state index in [1.807, 2.05) is 26.0 Å². The maximum absolute atomic E-state index is 14.0. The smallest absolute Gasteiger partial charge is 0.325 e. The minimum Gasteiger partial charge on any atom is -0.493 e. The van der Waals surface area contributed by atoms with Gasteiger partial charge in [-0.15, -0.1) is 0 Å². The number of nitrogens with zero attached hydrogens (tertiary/aromatic N) is 1. The molecule has 31 heavy (non-hydrogen) atoms. The Kier molecular flexibility index (Phi) is 5.04. The highest BCUT2D eigenvalue weighted by Crippen LogP contribution is 2.60. The van der Waals surface area contributed by atoms with Crippen molar-refractivity contribution in [3.63, 3.8) is 0 Å². The monoisotopic (exact) mass is 426 g/mol. The molecule has 1 atom stereocenters. The predicted molar refractivity (Wildman–Crippen MR) is 117 cm³/mol. The van der Waals surface area contributed by atoms with E-state index < -0.39 is 5.54 Å². The molecule has 6 heteroatoms. The molecular weight excluding hydrogens is 392 g/mol. The van der Waals surface area contributed by atoms with Crippen molar-refractivity contribution in [3.05, 3.63) is 29.3 Å². The van der Waals surface area contributed by atoms with Gasteiger partial charge in [-0.25, -0.2) is 4.79 Å². The van der Waals surface area contributed by atoms with Gasteiger partial charge in [-0.2, -0.15) is 0 Å². The fourth-order valence-corrected chi connectivity index (χ4v) is 6.29. The van der Waals surface area contributed by atoms with E-state index >= 15 is 0 Å². The van der Waals surface area contributed by atoms with Crippen molar-refractivity contribution in [3.8, 4) is 5.75 Å². The molecule has 6 nitrogen and oxygen atoms in total. The number of nitrogens with one attached hydrogen (secondary N) is 1. The molecule has 1 N–H and O–H groups in total. The molecule has 0 radical (unpaired) electrons. The molecule has 1 aromatic rings. The molecule has 1 aliphatic heterocycles. The van der Waals surface area contributed by atoms with Crippen LogP contribution < -0.4 is 10.1 Å². The summed E-state index contributed by atoms with van der Waals surface area (Å²) in [6.45, 7) is 4.53. The first-order valence-corrected chi connectivity index (χ1v) is 11.8. The molecule has 0 aromatic heterocycles. The van der Waals surface area contributed by atoms with Gasteiger partial charge in [-0.1, -0.05) is 12.5 Å². The van der Waals surface area contributed by atoms with Crippen molar-refractivity contribution in [1.82, 2.24) is 10.2 Å². The van der Waals surface area contributed by atoms with E-state index in [1.54, 1.807) is 7.11 Å². The minimum atomic E-state index is -1.00. The van der Waals surface area contributed by atoms with Gasteiger partial charge < -0.3 is 14.8 Å². The first kappa shape index (κ1) is 20.8. The lowest BCUT2D eigenvalue weighted by Crippen LogP contribution is -2.57.